The molecule has 258 valence electrons. The molecule has 7 rings (SSSR count). The number of rotatable bonds is 14. The van der Waals surface area contributed by atoms with E-state index >= 15 is 0 Å². The third-order valence-corrected chi connectivity index (χ3v) is 9.82. The molecule has 1 aromatic heterocycles. The summed E-state index contributed by atoms with van der Waals surface area (Å²) in [6, 6.07) is 25.2. The lowest BCUT2D eigenvalue weighted by molar-refractivity contribution is -0.178. The number of ether oxygens (including phenoxy) is 3. The fourth-order valence-corrected chi connectivity index (χ4v) is 7.44. The summed E-state index contributed by atoms with van der Waals surface area (Å²) in [6.07, 6.45) is 0.0325. The molecule has 3 aromatic carbocycles. The Hall–Kier alpha value is -4.29. The molecule has 3 fully saturated rings. The third kappa shape index (κ3) is 7.80. The Bertz CT molecular complexity index is 1730. The highest BCUT2D eigenvalue weighted by atomic mass is 16.7. The number of amides is 1. The number of fused-ring (bicyclic) bond motifs is 2. The third-order valence-electron chi connectivity index (χ3n) is 9.82. The van der Waals surface area contributed by atoms with Crippen LogP contribution in [0.5, 0.6) is 0 Å². The lowest BCUT2D eigenvalue weighted by Crippen LogP contribution is -2.47. The van der Waals surface area contributed by atoms with Gasteiger partial charge in [-0.05, 0) is 56.0 Å². The normalized spacial score (nSPS) is 23.9. The van der Waals surface area contributed by atoms with Gasteiger partial charge in [-0.25, -0.2) is 5.01 Å². The molecule has 3 aliphatic rings. The number of aliphatic hydroxyl groups is 1. The van der Waals surface area contributed by atoms with Crippen LogP contribution in [-0.2, 0) is 32.0 Å². The van der Waals surface area contributed by atoms with Crippen molar-refractivity contribution >= 4 is 29.0 Å². The number of aromatic nitrogens is 1. The molecule has 0 spiro atoms. The molecule has 3 heterocycles. The highest BCUT2D eigenvalue weighted by Crippen LogP contribution is 2.49. The summed E-state index contributed by atoms with van der Waals surface area (Å²) in [6.45, 7) is 5.47. The average Bonchev–Trinajstić information content (AvgIpc) is 3.76. The van der Waals surface area contributed by atoms with Crippen molar-refractivity contribution in [3.05, 3.63) is 95.6 Å². The molecular weight excluding hydrogens is 624 g/mol. The second kappa shape index (κ2) is 14.7. The highest BCUT2D eigenvalue weighted by molar-refractivity contribution is 5.96. The van der Waals surface area contributed by atoms with E-state index in [1.807, 2.05) is 74.5 Å². The van der Waals surface area contributed by atoms with Crippen molar-refractivity contribution in [1.29, 1.82) is 0 Å². The summed E-state index contributed by atoms with van der Waals surface area (Å²) in [4.78, 5) is 31.6. The lowest BCUT2D eigenvalue weighted by Gasteiger charge is -2.31. The summed E-state index contributed by atoms with van der Waals surface area (Å²) in [5, 5.41) is 16.7. The number of esters is 1. The molecule has 7 atom stereocenters. The molecule has 49 heavy (non-hydrogen) atoms. The Morgan fingerprint density at radius 2 is 1.71 bits per heavy atom. The molecule has 3 N–H and O–H groups in total. The Morgan fingerprint density at radius 3 is 2.47 bits per heavy atom. The van der Waals surface area contributed by atoms with Gasteiger partial charge >= 0.3 is 5.97 Å². The molecule has 2 aliphatic heterocycles. The van der Waals surface area contributed by atoms with Crippen LogP contribution in [0.3, 0.4) is 0 Å². The second-order valence-electron chi connectivity index (χ2n) is 13.8. The van der Waals surface area contributed by atoms with E-state index in [1.165, 1.54) is 0 Å². The maximum atomic E-state index is 13.6. The van der Waals surface area contributed by atoms with Crippen molar-refractivity contribution < 1.29 is 33.3 Å². The predicted molar refractivity (Wildman–Crippen MR) is 182 cm³/mol. The van der Waals surface area contributed by atoms with Crippen LogP contribution in [0.1, 0.15) is 48.2 Å². The Morgan fingerprint density at radius 1 is 0.980 bits per heavy atom. The van der Waals surface area contributed by atoms with Crippen LogP contribution in [0.15, 0.2) is 83.3 Å². The molecule has 2 saturated heterocycles. The van der Waals surface area contributed by atoms with E-state index in [0.29, 0.717) is 48.9 Å². The van der Waals surface area contributed by atoms with Crippen molar-refractivity contribution in [3.8, 4) is 0 Å². The van der Waals surface area contributed by atoms with Gasteiger partial charge in [0.25, 0.3) is 11.9 Å². The quantitative estimate of drug-likeness (QED) is 0.125. The van der Waals surface area contributed by atoms with Crippen molar-refractivity contribution in [3.63, 3.8) is 0 Å². The zero-order valence-corrected chi connectivity index (χ0v) is 27.9. The number of hydrogen-bond donors (Lipinski definition) is 3. The fraction of sp³-hybridized carbons (Fsp3) is 0.447. The molecular formula is C38H44N4O7. The van der Waals surface area contributed by atoms with E-state index in [0.717, 1.165) is 17.5 Å². The fourth-order valence-electron chi connectivity index (χ4n) is 7.44. The van der Waals surface area contributed by atoms with E-state index in [4.69, 9.17) is 18.6 Å². The standard InChI is InChI=1S/C38H44N4O7/c1-23(2)39-38-40-31-14-13-26(17-33(31)48-38)36(45)41-42(19-25-11-7-4-8-12-25)20-32(43)27(15-24-9-5-3-6-10-24)18-34(44)49-35-28-16-29-30(35)22-47-37(29)46-21-28/h3-14,17,23,27-30,32,35,37,43H,15-16,18-22H2,1-2H3,(H,39,40)(H,41,45)/t27-,28?,29?,30?,32+,35?,37?/m1/s1. The summed E-state index contributed by atoms with van der Waals surface area (Å²) in [7, 11) is 0. The van der Waals surface area contributed by atoms with Gasteiger partial charge in [-0.1, -0.05) is 60.7 Å². The summed E-state index contributed by atoms with van der Waals surface area (Å²) >= 11 is 0. The first-order chi connectivity index (χ1) is 23.8. The number of hydrogen-bond acceptors (Lipinski definition) is 10. The molecule has 11 heteroatoms. The first-order valence-electron chi connectivity index (χ1n) is 17.2. The summed E-state index contributed by atoms with van der Waals surface area (Å²) < 4.78 is 23.6. The molecule has 1 saturated carbocycles. The highest BCUT2D eigenvalue weighted by Gasteiger charge is 2.56. The van der Waals surface area contributed by atoms with Crippen LogP contribution in [0, 0.1) is 23.7 Å². The maximum Gasteiger partial charge on any atom is 0.306 e. The van der Waals surface area contributed by atoms with E-state index in [1.54, 1.807) is 23.2 Å². The zero-order chi connectivity index (χ0) is 33.9. The van der Waals surface area contributed by atoms with E-state index in [-0.39, 0.29) is 61.0 Å². The van der Waals surface area contributed by atoms with Gasteiger partial charge in [0.15, 0.2) is 11.9 Å². The van der Waals surface area contributed by atoms with Gasteiger partial charge in [-0.2, -0.15) is 4.98 Å². The molecule has 11 nitrogen and oxygen atoms in total. The number of nitrogens with one attached hydrogen (secondary N) is 2. The predicted octanol–water partition coefficient (Wildman–Crippen LogP) is 4.96. The number of hydrazine groups is 1. The van der Waals surface area contributed by atoms with Gasteiger partial charge in [0, 0.05) is 48.4 Å². The number of oxazole rings is 1. The van der Waals surface area contributed by atoms with Crippen LogP contribution >= 0.6 is 0 Å². The van der Waals surface area contributed by atoms with Gasteiger partial charge in [-0.15, -0.1) is 0 Å². The number of aliphatic hydroxyl groups excluding tert-OH is 1. The smallest absolute Gasteiger partial charge is 0.306 e. The SMILES string of the molecule is CC(C)Nc1nc2ccc(C(=O)NN(Cc3ccccc3)C[C@H](O)[C@@H](CC(=O)OC3C4COC5OCC3C5C4)Cc3ccccc3)cc2o1. The number of carbonyl (C=O) groups is 2. The van der Waals surface area contributed by atoms with Gasteiger partial charge in [-0.3, -0.25) is 15.0 Å². The van der Waals surface area contributed by atoms with Crippen LogP contribution in [-0.4, -0.2) is 71.3 Å². The van der Waals surface area contributed by atoms with Crippen molar-refractivity contribution in [1.82, 2.24) is 15.4 Å². The number of carbonyl (C=O) groups excluding carboxylic acids is 2. The van der Waals surface area contributed by atoms with Gasteiger partial charge in [0.1, 0.15) is 11.6 Å². The van der Waals surface area contributed by atoms with E-state index in [2.05, 4.69) is 15.7 Å². The Balaban J connectivity index is 1.07. The second-order valence-corrected chi connectivity index (χ2v) is 13.8. The zero-order valence-electron chi connectivity index (χ0n) is 27.9. The summed E-state index contributed by atoms with van der Waals surface area (Å²) in [5.74, 6) is -0.586. The van der Waals surface area contributed by atoms with Gasteiger partial charge in [0.05, 0.1) is 25.7 Å². The molecule has 5 unspecified atom stereocenters. The molecule has 0 radical (unpaired) electrons. The molecule has 1 amide bonds. The van der Waals surface area contributed by atoms with Crippen molar-refractivity contribution in [2.24, 2.45) is 23.7 Å². The van der Waals surface area contributed by atoms with Crippen molar-refractivity contribution in [2.75, 3.05) is 25.1 Å². The topological polar surface area (TPSA) is 135 Å². The van der Waals surface area contributed by atoms with Crippen LogP contribution in [0.4, 0.5) is 6.01 Å². The Labute approximate surface area is 285 Å². The monoisotopic (exact) mass is 668 g/mol. The van der Waals surface area contributed by atoms with E-state index < -0.39 is 12.0 Å². The lowest BCUT2D eigenvalue weighted by atomic mass is 9.90. The molecule has 4 aromatic rings. The first kappa shape index (κ1) is 33.2. The van der Waals surface area contributed by atoms with E-state index in [9.17, 15) is 14.7 Å². The Kier molecular flexibility index (Phi) is 9.95. The molecule has 2 bridgehead atoms. The number of anilines is 1. The number of benzene rings is 3. The van der Waals surface area contributed by atoms with Crippen LogP contribution in [0.2, 0.25) is 0 Å². The minimum atomic E-state index is -0.969. The minimum Gasteiger partial charge on any atom is -0.462 e. The minimum absolute atomic E-state index is 0.0316. The number of nitrogens with zero attached hydrogens (tertiary/aromatic N) is 2. The first-order valence-corrected chi connectivity index (χ1v) is 17.2. The average molecular weight is 669 g/mol. The van der Waals surface area contributed by atoms with Crippen molar-refractivity contribution in [2.45, 2.75) is 64.2 Å². The molecule has 1 aliphatic carbocycles. The van der Waals surface area contributed by atoms with Gasteiger partial charge in [0.2, 0.25) is 0 Å². The van der Waals surface area contributed by atoms with Crippen LogP contribution in [0.25, 0.3) is 11.1 Å². The van der Waals surface area contributed by atoms with Crippen LogP contribution < -0.4 is 10.7 Å². The summed E-state index contributed by atoms with van der Waals surface area (Å²) in [5.41, 5.74) is 6.48. The largest absolute Gasteiger partial charge is 0.462 e. The van der Waals surface area contributed by atoms with Gasteiger partial charge < -0.3 is 29.1 Å². The maximum absolute atomic E-state index is 13.6.